The van der Waals surface area contributed by atoms with Crippen molar-refractivity contribution in [1.82, 2.24) is 9.21 Å². The maximum Gasteiger partial charge on any atom is 0.246 e. The summed E-state index contributed by atoms with van der Waals surface area (Å²) in [5.74, 6) is -0.0446. The molecule has 7 nitrogen and oxygen atoms in total. The third-order valence-electron chi connectivity index (χ3n) is 4.61. The number of carbonyl (C=O) groups excluding carboxylic acids is 1. The largest absolute Gasteiger partial charge is 0.495 e. The molecule has 0 aliphatic heterocycles. The summed E-state index contributed by atoms with van der Waals surface area (Å²) in [6.07, 6.45) is 0. The zero-order valence-electron chi connectivity index (χ0n) is 17.1. The molecule has 0 saturated heterocycles. The van der Waals surface area contributed by atoms with Gasteiger partial charge < -0.3 is 10.1 Å². The van der Waals surface area contributed by atoms with Crippen LogP contribution in [0.25, 0.3) is 0 Å². The number of methoxy groups -OCH3 is 1. The Labute approximate surface area is 177 Å². The summed E-state index contributed by atoms with van der Waals surface area (Å²) in [7, 11) is 2.40. The van der Waals surface area contributed by atoms with Gasteiger partial charge in [-0.25, -0.2) is 12.7 Å². The zero-order valence-corrected chi connectivity index (χ0v) is 18.7. The lowest BCUT2D eigenvalue weighted by Crippen LogP contribution is -2.32. The highest BCUT2D eigenvalue weighted by Gasteiger charge is 2.23. The van der Waals surface area contributed by atoms with E-state index >= 15 is 0 Å². The Morgan fingerprint density at radius 2 is 1.76 bits per heavy atom. The number of carbonyl (C=O) groups is 1. The van der Waals surface area contributed by atoms with Crippen LogP contribution in [0.3, 0.4) is 0 Å². The van der Waals surface area contributed by atoms with Crippen LogP contribution in [-0.2, 0) is 14.8 Å². The van der Waals surface area contributed by atoms with Crippen molar-refractivity contribution in [2.24, 2.45) is 0 Å². The molecule has 0 aliphatic carbocycles. The van der Waals surface area contributed by atoms with E-state index in [2.05, 4.69) is 5.32 Å². The van der Waals surface area contributed by atoms with Crippen molar-refractivity contribution in [3.05, 3.63) is 53.1 Å². The van der Waals surface area contributed by atoms with Gasteiger partial charge in [-0.3, -0.25) is 9.69 Å². The van der Waals surface area contributed by atoms with E-state index in [-0.39, 0.29) is 29.1 Å². The molecule has 0 heterocycles. The Hall–Kier alpha value is -2.13. The molecule has 9 heteroatoms. The SMILES string of the molecule is COc1ccc(NC(=O)CN(C)C(C)c2ccc(Cl)cc2)cc1S(=O)(=O)N(C)C. The molecule has 1 atom stereocenters. The number of anilines is 1. The third kappa shape index (κ3) is 5.70. The molecule has 0 saturated carbocycles. The number of nitrogens with zero attached hydrogens (tertiary/aromatic N) is 2. The molecule has 1 amide bonds. The van der Waals surface area contributed by atoms with Crippen LogP contribution in [-0.4, -0.2) is 58.3 Å². The van der Waals surface area contributed by atoms with Gasteiger partial charge in [0.1, 0.15) is 10.6 Å². The predicted octanol–water partition coefficient (Wildman–Crippen LogP) is 3.23. The average Bonchev–Trinajstić information content (AvgIpc) is 2.67. The Bertz CT molecular complexity index is 962. The second kappa shape index (κ2) is 9.58. The Morgan fingerprint density at radius 3 is 2.31 bits per heavy atom. The first-order valence-corrected chi connectivity index (χ1v) is 10.7. The monoisotopic (exact) mass is 439 g/mol. The maximum atomic E-state index is 12.5. The van der Waals surface area contributed by atoms with E-state index < -0.39 is 10.0 Å². The number of halogens is 1. The molecule has 158 valence electrons. The fourth-order valence-electron chi connectivity index (χ4n) is 2.71. The van der Waals surface area contributed by atoms with Crippen molar-refractivity contribution in [3.63, 3.8) is 0 Å². The van der Waals surface area contributed by atoms with Crippen molar-refractivity contribution in [1.29, 1.82) is 0 Å². The Balaban J connectivity index is 2.13. The van der Waals surface area contributed by atoms with E-state index in [1.807, 2.05) is 43.1 Å². The molecule has 2 aromatic carbocycles. The number of rotatable bonds is 8. The number of nitrogens with one attached hydrogen (secondary N) is 1. The summed E-state index contributed by atoms with van der Waals surface area (Å²) < 4.78 is 31.3. The third-order valence-corrected chi connectivity index (χ3v) is 6.70. The second-order valence-electron chi connectivity index (χ2n) is 6.84. The lowest BCUT2D eigenvalue weighted by atomic mass is 10.1. The van der Waals surface area contributed by atoms with Gasteiger partial charge in [0, 0.05) is 30.8 Å². The maximum absolute atomic E-state index is 12.5. The van der Waals surface area contributed by atoms with Gasteiger partial charge in [-0.05, 0) is 49.9 Å². The lowest BCUT2D eigenvalue weighted by molar-refractivity contribution is -0.117. The van der Waals surface area contributed by atoms with Crippen LogP contribution in [0.4, 0.5) is 5.69 Å². The standard InChI is InChI=1S/C20H26ClN3O4S/c1-14(15-6-8-16(21)9-7-15)24(4)13-20(25)22-17-10-11-18(28-5)19(12-17)29(26,27)23(2)3/h6-12,14H,13H2,1-5H3,(H,22,25). The van der Waals surface area contributed by atoms with Crippen LogP contribution in [0.5, 0.6) is 5.75 Å². The van der Waals surface area contributed by atoms with Gasteiger partial charge in [-0.15, -0.1) is 0 Å². The van der Waals surface area contributed by atoms with Crippen LogP contribution >= 0.6 is 11.6 Å². The molecule has 2 rings (SSSR count). The smallest absolute Gasteiger partial charge is 0.246 e. The average molecular weight is 440 g/mol. The van der Waals surface area contributed by atoms with Gasteiger partial charge in [0.25, 0.3) is 0 Å². The van der Waals surface area contributed by atoms with Gasteiger partial charge >= 0.3 is 0 Å². The van der Waals surface area contributed by atoms with Crippen molar-refractivity contribution in [2.45, 2.75) is 17.9 Å². The van der Waals surface area contributed by atoms with Gasteiger partial charge in [-0.1, -0.05) is 23.7 Å². The molecule has 2 aromatic rings. The quantitative estimate of drug-likeness (QED) is 0.683. The van der Waals surface area contributed by atoms with E-state index in [0.29, 0.717) is 10.7 Å². The molecule has 1 N–H and O–H groups in total. The summed E-state index contributed by atoms with van der Waals surface area (Å²) in [4.78, 5) is 14.4. The normalized spacial score (nSPS) is 12.8. The van der Waals surface area contributed by atoms with Gasteiger partial charge in [0.05, 0.1) is 13.7 Å². The number of sulfonamides is 1. The first-order valence-electron chi connectivity index (χ1n) is 8.92. The second-order valence-corrected chi connectivity index (χ2v) is 9.40. The highest BCUT2D eigenvalue weighted by atomic mass is 35.5. The van der Waals surface area contributed by atoms with Gasteiger partial charge in [0.15, 0.2) is 0 Å². The topological polar surface area (TPSA) is 79.0 Å². The molecular formula is C20H26ClN3O4S. The molecule has 0 aromatic heterocycles. The molecule has 0 spiro atoms. The summed E-state index contributed by atoms with van der Waals surface area (Å²) in [5.41, 5.74) is 1.41. The number of likely N-dealkylation sites (N-methyl/N-ethyl adjacent to an activating group) is 1. The highest BCUT2D eigenvalue weighted by molar-refractivity contribution is 7.89. The van der Waals surface area contributed by atoms with E-state index in [4.69, 9.17) is 16.3 Å². The zero-order chi connectivity index (χ0) is 21.8. The molecule has 0 fully saturated rings. The molecule has 0 bridgehead atoms. The Morgan fingerprint density at radius 1 is 1.14 bits per heavy atom. The lowest BCUT2D eigenvalue weighted by Gasteiger charge is -2.24. The summed E-state index contributed by atoms with van der Waals surface area (Å²) >= 11 is 5.92. The molecule has 1 unspecified atom stereocenters. The number of benzene rings is 2. The minimum atomic E-state index is -3.72. The summed E-state index contributed by atoms with van der Waals surface area (Å²) in [6, 6.07) is 12.0. The number of hydrogen-bond donors (Lipinski definition) is 1. The van der Waals surface area contributed by atoms with Crippen LogP contribution < -0.4 is 10.1 Å². The van der Waals surface area contributed by atoms with Gasteiger partial charge in [0.2, 0.25) is 15.9 Å². The molecule has 0 radical (unpaired) electrons. The minimum absolute atomic E-state index is 0.00133. The predicted molar refractivity (Wildman–Crippen MR) is 115 cm³/mol. The van der Waals surface area contributed by atoms with Crippen LogP contribution in [0, 0.1) is 0 Å². The van der Waals surface area contributed by atoms with Crippen LogP contribution in [0.2, 0.25) is 5.02 Å². The number of hydrogen-bond acceptors (Lipinski definition) is 5. The van der Waals surface area contributed by atoms with E-state index in [1.54, 1.807) is 6.07 Å². The van der Waals surface area contributed by atoms with E-state index in [1.165, 1.54) is 33.3 Å². The summed E-state index contributed by atoms with van der Waals surface area (Å²) in [5, 5.41) is 3.41. The van der Waals surface area contributed by atoms with Gasteiger partial charge in [-0.2, -0.15) is 0 Å². The number of ether oxygens (including phenoxy) is 1. The molecule has 0 aliphatic rings. The van der Waals surface area contributed by atoms with Crippen LogP contribution in [0.15, 0.2) is 47.4 Å². The van der Waals surface area contributed by atoms with Crippen molar-refractivity contribution >= 4 is 33.2 Å². The highest BCUT2D eigenvalue weighted by Crippen LogP contribution is 2.29. The van der Waals surface area contributed by atoms with Crippen molar-refractivity contribution in [3.8, 4) is 5.75 Å². The molecular weight excluding hydrogens is 414 g/mol. The first kappa shape index (κ1) is 23.2. The fraction of sp³-hybridized carbons (Fsp3) is 0.350. The molecule has 29 heavy (non-hydrogen) atoms. The van der Waals surface area contributed by atoms with Crippen LogP contribution in [0.1, 0.15) is 18.5 Å². The van der Waals surface area contributed by atoms with E-state index in [9.17, 15) is 13.2 Å². The van der Waals surface area contributed by atoms with E-state index in [0.717, 1.165) is 9.87 Å². The minimum Gasteiger partial charge on any atom is -0.495 e. The fourth-order valence-corrected chi connectivity index (χ4v) is 3.91. The summed E-state index contributed by atoms with van der Waals surface area (Å²) in [6.45, 7) is 2.12. The number of amides is 1. The van der Waals surface area contributed by atoms with Crippen molar-refractivity contribution in [2.75, 3.05) is 40.1 Å². The Kier molecular flexibility index (Phi) is 7.65. The van der Waals surface area contributed by atoms with Crippen molar-refractivity contribution < 1.29 is 17.9 Å². The first-order chi connectivity index (χ1) is 13.6.